The van der Waals surface area contributed by atoms with Gasteiger partial charge in [0.25, 0.3) is 5.91 Å². The van der Waals surface area contributed by atoms with Crippen LogP contribution in [0.4, 0.5) is 13.2 Å². The van der Waals surface area contributed by atoms with Crippen LogP contribution in [0.5, 0.6) is 5.75 Å². The summed E-state index contributed by atoms with van der Waals surface area (Å²) >= 11 is 0. The normalized spacial score (nSPS) is 14.0. The van der Waals surface area contributed by atoms with E-state index in [1.807, 2.05) is 11.5 Å². The number of hydrogen-bond donors (Lipinski definition) is 0. The summed E-state index contributed by atoms with van der Waals surface area (Å²) in [4.78, 5) is 18.7. The van der Waals surface area contributed by atoms with E-state index in [0.29, 0.717) is 24.8 Å². The molecule has 2 aromatic rings. The predicted octanol–water partition coefficient (Wildman–Crippen LogP) is 4.40. The lowest BCUT2D eigenvalue weighted by atomic mass is 10.1. The van der Waals surface area contributed by atoms with Gasteiger partial charge < -0.3 is 14.2 Å². The first kappa shape index (κ1) is 19.3. The summed E-state index contributed by atoms with van der Waals surface area (Å²) in [6.45, 7) is 4.67. The van der Waals surface area contributed by atoms with E-state index >= 15 is 0 Å². The minimum atomic E-state index is -4.23. The van der Waals surface area contributed by atoms with Crippen molar-refractivity contribution >= 4 is 5.91 Å². The van der Waals surface area contributed by atoms with Gasteiger partial charge in [0.05, 0.1) is 31.1 Å². The Labute approximate surface area is 155 Å². The molecule has 0 unspecified atom stereocenters. The minimum Gasteiger partial charge on any atom is -0.493 e. The predicted molar refractivity (Wildman–Crippen MR) is 94.5 cm³/mol. The number of carbonyl (C=O) groups is 1. The Hall–Kier alpha value is -2.51. The average Bonchev–Trinajstić information content (AvgIpc) is 3.08. The maximum atomic E-state index is 12.5. The Morgan fingerprint density at radius 1 is 1.22 bits per heavy atom. The molecule has 0 aliphatic carbocycles. The summed E-state index contributed by atoms with van der Waals surface area (Å²) < 4.78 is 43.6. The molecule has 8 heteroatoms. The standard InChI is InChI=1S/C19H22F3N3O2/c1-3-4-10-24-12-25-16(13(2)23-17(25)18(24)26)14-5-7-15(8-6-14)27-11-9-19(20,21)22/h5-8H,3-4,9-12H2,1-2H3. The fraction of sp³-hybridized carbons (Fsp3) is 0.474. The maximum absolute atomic E-state index is 12.5. The second kappa shape index (κ2) is 7.62. The number of aromatic nitrogens is 2. The molecule has 1 amide bonds. The molecule has 0 bridgehead atoms. The molecular weight excluding hydrogens is 359 g/mol. The van der Waals surface area contributed by atoms with E-state index in [1.165, 1.54) is 0 Å². The zero-order chi connectivity index (χ0) is 19.6. The average molecular weight is 381 g/mol. The van der Waals surface area contributed by atoms with Crippen molar-refractivity contribution in [3.8, 4) is 17.0 Å². The van der Waals surface area contributed by atoms with Crippen LogP contribution < -0.4 is 4.74 Å². The van der Waals surface area contributed by atoms with Gasteiger partial charge in [-0.15, -0.1) is 0 Å². The van der Waals surface area contributed by atoms with E-state index in [4.69, 9.17) is 4.74 Å². The zero-order valence-electron chi connectivity index (χ0n) is 15.3. The molecular formula is C19H22F3N3O2. The van der Waals surface area contributed by atoms with Crippen LogP contribution in [0.15, 0.2) is 24.3 Å². The SMILES string of the molecule is CCCCN1Cn2c(nc(C)c2-c2ccc(OCCC(F)(F)F)cc2)C1=O. The van der Waals surface area contributed by atoms with E-state index in [9.17, 15) is 18.0 Å². The first-order valence-electron chi connectivity index (χ1n) is 8.96. The highest BCUT2D eigenvalue weighted by atomic mass is 19.4. The lowest BCUT2D eigenvalue weighted by Gasteiger charge is -2.16. The first-order valence-corrected chi connectivity index (χ1v) is 8.96. The molecule has 27 heavy (non-hydrogen) atoms. The highest BCUT2D eigenvalue weighted by molar-refractivity contribution is 5.94. The second-order valence-corrected chi connectivity index (χ2v) is 6.60. The molecule has 1 aromatic heterocycles. The second-order valence-electron chi connectivity index (χ2n) is 6.60. The third-order valence-corrected chi connectivity index (χ3v) is 4.50. The molecule has 146 valence electrons. The van der Waals surface area contributed by atoms with E-state index in [0.717, 1.165) is 29.8 Å². The number of carbonyl (C=O) groups excluding carboxylic acids is 1. The first-order chi connectivity index (χ1) is 12.8. The Morgan fingerprint density at radius 3 is 2.56 bits per heavy atom. The van der Waals surface area contributed by atoms with Gasteiger partial charge >= 0.3 is 6.18 Å². The van der Waals surface area contributed by atoms with E-state index in [-0.39, 0.29) is 5.91 Å². The van der Waals surface area contributed by atoms with E-state index in [2.05, 4.69) is 11.9 Å². The largest absolute Gasteiger partial charge is 0.493 e. The Morgan fingerprint density at radius 2 is 1.93 bits per heavy atom. The molecule has 0 N–H and O–H groups in total. The van der Waals surface area contributed by atoms with Gasteiger partial charge in [-0.25, -0.2) is 4.98 Å². The zero-order valence-corrected chi connectivity index (χ0v) is 15.3. The van der Waals surface area contributed by atoms with Crippen molar-refractivity contribution in [1.29, 1.82) is 0 Å². The number of ether oxygens (including phenoxy) is 1. The van der Waals surface area contributed by atoms with Crippen molar-refractivity contribution < 1.29 is 22.7 Å². The van der Waals surface area contributed by atoms with Crippen LogP contribution in [0.25, 0.3) is 11.3 Å². The topological polar surface area (TPSA) is 47.4 Å². The van der Waals surface area contributed by atoms with Gasteiger partial charge in [0.2, 0.25) is 5.82 Å². The van der Waals surface area contributed by atoms with Crippen LogP contribution in [-0.2, 0) is 6.67 Å². The number of amides is 1. The number of fused-ring (bicyclic) bond motifs is 1. The number of rotatable bonds is 7. The minimum absolute atomic E-state index is 0.0649. The monoisotopic (exact) mass is 381 g/mol. The molecule has 0 saturated carbocycles. The van der Waals surface area contributed by atoms with Crippen molar-refractivity contribution in [3.63, 3.8) is 0 Å². The van der Waals surface area contributed by atoms with Crippen LogP contribution in [0, 0.1) is 6.92 Å². The van der Waals surface area contributed by atoms with Gasteiger partial charge in [-0.2, -0.15) is 13.2 Å². The van der Waals surface area contributed by atoms with Gasteiger partial charge in [-0.3, -0.25) is 4.79 Å². The van der Waals surface area contributed by atoms with Crippen molar-refractivity contribution in [3.05, 3.63) is 35.8 Å². The number of unbranched alkanes of at least 4 members (excludes halogenated alkanes) is 1. The molecule has 0 atom stereocenters. The number of imidazole rings is 1. The smallest absolute Gasteiger partial charge is 0.392 e. The maximum Gasteiger partial charge on any atom is 0.392 e. The summed E-state index contributed by atoms with van der Waals surface area (Å²) in [5.41, 5.74) is 2.44. The van der Waals surface area contributed by atoms with Crippen LogP contribution in [0.2, 0.25) is 0 Å². The van der Waals surface area contributed by atoms with E-state index < -0.39 is 19.2 Å². The number of aryl methyl sites for hydroxylation is 1. The van der Waals surface area contributed by atoms with Crippen molar-refractivity contribution in [2.45, 2.75) is 46.0 Å². The quantitative estimate of drug-likeness (QED) is 0.714. The number of benzene rings is 1. The molecule has 0 fully saturated rings. The van der Waals surface area contributed by atoms with Crippen LogP contribution in [-0.4, -0.2) is 39.7 Å². The molecule has 0 spiro atoms. The Kier molecular flexibility index (Phi) is 5.43. The molecule has 1 aliphatic rings. The van der Waals surface area contributed by atoms with Gasteiger partial charge in [-0.05, 0) is 37.6 Å². The lowest BCUT2D eigenvalue weighted by molar-refractivity contribution is -0.139. The van der Waals surface area contributed by atoms with Crippen molar-refractivity contribution in [2.24, 2.45) is 0 Å². The molecule has 0 radical (unpaired) electrons. The van der Waals surface area contributed by atoms with Crippen LogP contribution in [0.3, 0.4) is 0 Å². The fourth-order valence-electron chi connectivity index (χ4n) is 3.13. The number of nitrogens with zero attached hydrogens (tertiary/aromatic N) is 3. The summed E-state index contributed by atoms with van der Waals surface area (Å²) in [5.74, 6) is 0.747. The third-order valence-electron chi connectivity index (χ3n) is 4.50. The Bertz CT molecular complexity index is 813. The summed E-state index contributed by atoms with van der Waals surface area (Å²) in [6.07, 6.45) is -3.27. The van der Waals surface area contributed by atoms with Crippen LogP contribution in [0.1, 0.15) is 42.5 Å². The number of hydrogen-bond acceptors (Lipinski definition) is 3. The summed E-state index contributed by atoms with van der Waals surface area (Å²) in [7, 11) is 0. The molecule has 1 aromatic carbocycles. The highest BCUT2D eigenvalue weighted by Gasteiger charge is 2.32. The van der Waals surface area contributed by atoms with Gasteiger partial charge in [-0.1, -0.05) is 13.3 Å². The lowest BCUT2D eigenvalue weighted by Crippen LogP contribution is -2.26. The van der Waals surface area contributed by atoms with Gasteiger partial charge in [0, 0.05) is 12.1 Å². The van der Waals surface area contributed by atoms with Gasteiger partial charge in [0.15, 0.2) is 0 Å². The number of alkyl halides is 3. The molecule has 5 nitrogen and oxygen atoms in total. The van der Waals surface area contributed by atoms with Crippen LogP contribution >= 0.6 is 0 Å². The Balaban J connectivity index is 1.75. The molecule has 0 saturated heterocycles. The highest BCUT2D eigenvalue weighted by Crippen LogP contribution is 2.31. The van der Waals surface area contributed by atoms with Crippen molar-refractivity contribution in [1.82, 2.24) is 14.5 Å². The summed E-state index contributed by atoms with van der Waals surface area (Å²) in [6, 6.07) is 6.83. The molecule has 3 rings (SSSR count). The number of halogens is 3. The third kappa shape index (κ3) is 4.26. The van der Waals surface area contributed by atoms with Crippen molar-refractivity contribution in [2.75, 3.05) is 13.2 Å². The summed E-state index contributed by atoms with van der Waals surface area (Å²) in [5, 5.41) is 0. The van der Waals surface area contributed by atoms with Gasteiger partial charge in [0.1, 0.15) is 5.75 Å². The van der Waals surface area contributed by atoms with E-state index in [1.54, 1.807) is 29.2 Å². The molecule has 2 heterocycles. The fourth-order valence-corrected chi connectivity index (χ4v) is 3.13. The molecule has 1 aliphatic heterocycles.